The van der Waals surface area contributed by atoms with E-state index in [0.29, 0.717) is 49.7 Å². The number of anilines is 1. The number of benzene rings is 2. The van der Waals surface area contributed by atoms with Gasteiger partial charge in [-0.3, -0.25) is 14.7 Å². The van der Waals surface area contributed by atoms with Crippen LogP contribution in [0.2, 0.25) is 0 Å². The van der Waals surface area contributed by atoms with E-state index >= 15 is 0 Å². The van der Waals surface area contributed by atoms with Gasteiger partial charge in [-0.1, -0.05) is 42.5 Å². The first-order valence-corrected chi connectivity index (χ1v) is 12.1. The van der Waals surface area contributed by atoms with Crippen LogP contribution in [0, 0.1) is 12.7 Å². The molecule has 36 heavy (non-hydrogen) atoms. The highest BCUT2D eigenvalue weighted by atomic mass is 19.1. The number of piperazine rings is 1. The Kier molecular flexibility index (Phi) is 6.82. The lowest BCUT2D eigenvalue weighted by Crippen LogP contribution is -2.49. The number of nitrogens with zero attached hydrogens (tertiary/aromatic N) is 4. The molecule has 3 heterocycles. The first-order valence-electron chi connectivity index (χ1n) is 12.1. The van der Waals surface area contributed by atoms with Gasteiger partial charge in [0.1, 0.15) is 11.6 Å². The third-order valence-electron chi connectivity index (χ3n) is 6.87. The average Bonchev–Trinajstić information content (AvgIpc) is 2.90. The summed E-state index contributed by atoms with van der Waals surface area (Å²) in [5.74, 6) is -0.253. The van der Waals surface area contributed by atoms with Gasteiger partial charge in [0.25, 0.3) is 5.56 Å². The Hall–Kier alpha value is -3.97. The van der Waals surface area contributed by atoms with Crippen molar-refractivity contribution in [2.24, 2.45) is 0 Å². The molecular weight excluding hydrogens is 455 g/mol. The Labute approximate surface area is 209 Å². The summed E-state index contributed by atoms with van der Waals surface area (Å²) in [7, 11) is 0. The first-order chi connectivity index (χ1) is 17.5. The number of aryl methyl sites for hydroxylation is 1. The van der Waals surface area contributed by atoms with Crippen LogP contribution >= 0.6 is 0 Å². The number of para-hydroxylation sites is 1. The number of hydrogen-bond donors (Lipinski definition) is 1. The molecular formula is C29H29FN4O2. The summed E-state index contributed by atoms with van der Waals surface area (Å²) >= 11 is 0. The van der Waals surface area contributed by atoms with E-state index < -0.39 is 6.04 Å². The lowest BCUT2D eigenvalue weighted by Gasteiger charge is -2.40. The van der Waals surface area contributed by atoms with Crippen molar-refractivity contribution in [1.29, 1.82) is 0 Å². The topological polar surface area (TPSA) is 61.6 Å². The second-order valence-electron chi connectivity index (χ2n) is 9.12. The predicted octanol–water partition coefficient (Wildman–Crippen LogP) is 4.36. The molecule has 1 N–H and O–H groups in total. The Morgan fingerprint density at radius 2 is 1.61 bits per heavy atom. The number of halogens is 1. The fourth-order valence-corrected chi connectivity index (χ4v) is 5.02. The lowest BCUT2D eigenvalue weighted by atomic mass is 9.96. The molecule has 4 aromatic rings. The molecule has 0 saturated carbocycles. The van der Waals surface area contributed by atoms with Gasteiger partial charge in [0, 0.05) is 44.3 Å². The molecule has 7 heteroatoms. The van der Waals surface area contributed by atoms with E-state index in [1.54, 1.807) is 35.2 Å². The van der Waals surface area contributed by atoms with Crippen molar-refractivity contribution in [3.8, 4) is 5.75 Å². The molecule has 1 unspecified atom stereocenters. The van der Waals surface area contributed by atoms with E-state index in [-0.39, 0.29) is 17.1 Å². The molecule has 5 rings (SSSR count). The lowest BCUT2D eigenvalue weighted by molar-refractivity contribution is 0.207. The highest BCUT2D eigenvalue weighted by Gasteiger charge is 2.32. The Morgan fingerprint density at radius 1 is 0.944 bits per heavy atom. The largest absolute Gasteiger partial charge is 0.507 e. The Bertz CT molecular complexity index is 1380. The molecule has 0 radical (unpaired) electrons. The number of aromatic nitrogens is 2. The summed E-state index contributed by atoms with van der Waals surface area (Å²) in [6, 6.07) is 21.6. The van der Waals surface area contributed by atoms with Crippen LogP contribution in [0.25, 0.3) is 0 Å². The molecule has 0 amide bonds. The molecule has 0 bridgehead atoms. The van der Waals surface area contributed by atoms with Crippen LogP contribution in [0.15, 0.2) is 90.0 Å². The highest BCUT2D eigenvalue weighted by molar-refractivity contribution is 5.48. The van der Waals surface area contributed by atoms with E-state index in [9.17, 15) is 14.3 Å². The second kappa shape index (κ2) is 10.3. The zero-order valence-corrected chi connectivity index (χ0v) is 20.2. The molecule has 0 spiro atoms. The van der Waals surface area contributed by atoms with Crippen molar-refractivity contribution >= 4 is 5.69 Å². The van der Waals surface area contributed by atoms with Crippen molar-refractivity contribution in [2.75, 3.05) is 31.1 Å². The van der Waals surface area contributed by atoms with E-state index in [1.807, 2.05) is 60.4 Å². The van der Waals surface area contributed by atoms with Crippen LogP contribution in [0.3, 0.4) is 0 Å². The smallest absolute Gasteiger partial charge is 0.259 e. The summed E-state index contributed by atoms with van der Waals surface area (Å²) < 4.78 is 16.1. The predicted molar refractivity (Wildman–Crippen MR) is 139 cm³/mol. The van der Waals surface area contributed by atoms with Crippen molar-refractivity contribution in [3.63, 3.8) is 0 Å². The van der Waals surface area contributed by atoms with Crippen LogP contribution < -0.4 is 10.5 Å². The Morgan fingerprint density at radius 3 is 2.31 bits per heavy atom. The summed E-state index contributed by atoms with van der Waals surface area (Å²) in [6.45, 7) is 4.67. The van der Waals surface area contributed by atoms with E-state index in [1.165, 1.54) is 6.07 Å². The van der Waals surface area contributed by atoms with Crippen molar-refractivity contribution in [1.82, 2.24) is 14.5 Å². The van der Waals surface area contributed by atoms with Crippen molar-refractivity contribution in [3.05, 3.63) is 124 Å². The van der Waals surface area contributed by atoms with Gasteiger partial charge in [0.2, 0.25) is 0 Å². The number of rotatable bonds is 6. The molecule has 1 saturated heterocycles. The molecule has 1 atom stereocenters. The maximum Gasteiger partial charge on any atom is 0.259 e. The fourth-order valence-electron chi connectivity index (χ4n) is 5.02. The minimum Gasteiger partial charge on any atom is -0.507 e. The standard InChI is InChI=1S/C29H29FN4O2/c1-21-19-26(35)27(29(36)34(21)20-22-7-3-2-4-8-22)28(23-11-13-31-14-12-23)33-17-15-32(16-18-33)25-10-6-5-9-24(25)30/h2-14,19,28,35H,15-18,20H2,1H3. The molecule has 1 fully saturated rings. The zero-order valence-electron chi connectivity index (χ0n) is 20.2. The second-order valence-corrected chi connectivity index (χ2v) is 9.12. The SMILES string of the molecule is Cc1cc(O)c(C(c2ccncc2)N2CCN(c3ccccc3F)CC2)c(=O)n1Cc1ccccc1. The van der Waals surface area contributed by atoms with Gasteiger partial charge >= 0.3 is 0 Å². The zero-order chi connectivity index (χ0) is 25.1. The molecule has 0 aliphatic carbocycles. The molecule has 6 nitrogen and oxygen atoms in total. The highest BCUT2D eigenvalue weighted by Crippen LogP contribution is 2.34. The minimum absolute atomic E-state index is 0.0137. The molecule has 2 aromatic heterocycles. The normalized spacial score (nSPS) is 15.1. The summed E-state index contributed by atoms with van der Waals surface area (Å²) in [5, 5.41) is 11.1. The van der Waals surface area contributed by atoms with Gasteiger partial charge in [-0.15, -0.1) is 0 Å². The monoisotopic (exact) mass is 484 g/mol. The molecule has 184 valence electrons. The third kappa shape index (κ3) is 4.75. The first kappa shape index (κ1) is 23.8. The van der Waals surface area contributed by atoms with Crippen LogP contribution in [-0.2, 0) is 6.54 Å². The van der Waals surface area contributed by atoms with E-state index in [2.05, 4.69) is 9.88 Å². The van der Waals surface area contributed by atoms with E-state index in [4.69, 9.17) is 0 Å². The van der Waals surface area contributed by atoms with Crippen molar-refractivity contribution in [2.45, 2.75) is 19.5 Å². The summed E-state index contributed by atoms with van der Waals surface area (Å²) in [4.78, 5) is 22.3. The average molecular weight is 485 g/mol. The maximum absolute atomic E-state index is 14.4. The van der Waals surface area contributed by atoms with Gasteiger partial charge in [-0.05, 0) is 48.4 Å². The number of hydrogen-bond acceptors (Lipinski definition) is 5. The summed E-state index contributed by atoms with van der Waals surface area (Å²) in [5.41, 5.74) is 3.31. The third-order valence-corrected chi connectivity index (χ3v) is 6.87. The van der Waals surface area contributed by atoms with Gasteiger partial charge in [0.05, 0.1) is 23.8 Å². The minimum atomic E-state index is -0.453. The van der Waals surface area contributed by atoms with Crippen molar-refractivity contribution < 1.29 is 9.50 Å². The van der Waals surface area contributed by atoms with Gasteiger partial charge < -0.3 is 14.6 Å². The number of aromatic hydroxyl groups is 1. The van der Waals surface area contributed by atoms with Crippen LogP contribution in [0.5, 0.6) is 5.75 Å². The maximum atomic E-state index is 14.4. The molecule has 1 aliphatic rings. The van der Waals surface area contributed by atoms with Gasteiger partial charge in [-0.25, -0.2) is 4.39 Å². The molecule has 2 aromatic carbocycles. The van der Waals surface area contributed by atoms with Gasteiger partial charge in [-0.2, -0.15) is 0 Å². The van der Waals surface area contributed by atoms with Crippen LogP contribution in [-0.4, -0.2) is 45.7 Å². The Balaban J connectivity index is 1.52. The van der Waals surface area contributed by atoms with E-state index in [0.717, 1.165) is 11.1 Å². The number of pyridine rings is 2. The quantitative estimate of drug-likeness (QED) is 0.441. The van der Waals surface area contributed by atoms with Crippen LogP contribution in [0.1, 0.15) is 28.4 Å². The fraction of sp³-hybridized carbons (Fsp3) is 0.241. The summed E-state index contributed by atoms with van der Waals surface area (Å²) in [6.07, 6.45) is 3.40. The van der Waals surface area contributed by atoms with Gasteiger partial charge in [0.15, 0.2) is 0 Å². The van der Waals surface area contributed by atoms with Crippen LogP contribution in [0.4, 0.5) is 10.1 Å². The molecule has 1 aliphatic heterocycles.